The van der Waals surface area contributed by atoms with Crippen molar-refractivity contribution in [1.29, 1.82) is 0 Å². The van der Waals surface area contributed by atoms with Gasteiger partial charge in [-0.2, -0.15) is 0 Å². The van der Waals surface area contributed by atoms with E-state index in [1.807, 2.05) is 0 Å². The third-order valence-corrected chi connectivity index (χ3v) is 13.7. The van der Waals surface area contributed by atoms with E-state index < -0.39 is 6.10 Å². The Balaban J connectivity index is 4.32. The van der Waals surface area contributed by atoms with Crippen molar-refractivity contribution in [3.8, 4) is 0 Å². The van der Waals surface area contributed by atoms with Gasteiger partial charge in [0.1, 0.15) is 6.61 Å². The SMILES string of the molecule is CC/C=C\C/C=C\C/C=C\C/C=C\C/C=C\CCCCOCC(COC(=O)CCCCCCCCCCC/C=C\CCCCCCCC)OC(=O)CCCCCCCCCCCCCCCCCCCCC. The molecule has 0 saturated heterocycles. The zero-order valence-electron chi connectivity index (χ0n) is 48.2. The number of unbranched alkanes of at least 4 members (excludes halogenated alkanes) is 35. The van der Waals surface area contributed by atoms with Crippen LogP contribution in [0, 0.1) is 0 Å². The molecule has 0 rings (SSSR count). The molecule has 0 aliphatic rings. The standard InChI is InChI=1S/C67H120O5/c1-4-7-10-13-16-19-22-25-28-31-34-36-39-42-45-48-51-54-57-60-66(68)71-64-65(63-70-62-59-56-53-50-47-44-41-38-33-30-27-24-21-18-15-12-9-6-3)72-67(69)61-58-55-52-49-46-43-40-37-35-32-29-26-23-20-17-14-11-8-5-2/h9,12,18,21,25,27-28,30,38,41,47,50,65H,4-8,10-11,13-17,19-20,22-24,26,29,31-37,39-40,42-46,48-49,51-64H2,1-3H3/b12-9-,21-18-,28-25-,30-27-,41-38-,50-47-. The van der Waals surface area contributed by atoms with E-state index in [0.29, 0.717) is 19.4 Å². The minimum atomic E-state index is -0.561. The van der Waals surface area contributed by atoms with Crippen molar-refractivity contribution in [2.24, 2.45) is 0 Å². The summed E-state index contributed by atoms with van der Waals surface area (Å²) in [6, 6.07) is 0. The molecule has 0 aromatic rings. The van der Waals surface area contributed by atoms with Crippen molar-refractivity contribution >= 4 is 11.9 Å². The fourth-order valence-corrected chi connectivity index (χ4v) is 9.06. The number of hydrogen-bond donors (Lipinski definition) is 0. The molecule has 0 fully saturated rings. The molecule has 1 atom stereocenters. The number of carbonyl (C=O) groups is 2. The fourth-order valence-electron chi connectivity index (χ4n) is 9.06. The second kappa shape index (κ2) is 62.6. The lowest BCUT2D eigenvalue weighted by molar-refractivity contribution is -0.163. The molecule has 0 aliphatic carbocycles. The average molecular weight is 1010 g/mol. The van der Waals surface area contributed by atoms with Crippen molar-refractivity contribution < 1.29 is 23.8 Å². The molecule has 0 bridgehead atoms. The Bertz CT molecular complexity index is 1270. The van der Waals surface area contributed by atoms with E-state index in [9.17, 15) is 9.59 Å². The van der Waals surface area contributed by atoms with Gasteiger partial charge in [0.05, 0.1) is 6.61 Å². The number of ether oxygens (including phenoxy) is 3. The predicted molar refractivity (Wildman–Crippen MR) is 316 cm³/mol. The highest BCUT2D eigenvalue weighted by Crippen LogP contribution is 2.17. The molecule has 72 heavy (non-hydrogen) atoms. The lowest BCUT2D eigenvalue weighted by Crippen LogP contribution is -2.30. The fraction of sp³-hybridized carbons (Fsp3) is 0.791. The van der Waals surface area contributed by atoms with Crippen LogP contribution in [0.4, 0.5) is 0 Å². The Morgan fingerprint density at radius 2 is 0.625 bits per heavy atom. The Hall–Kier alpha value is -2.66. The van der Waals surface area contributed by atoms with Gasteiger partial charge in [-0.05, 0) is 89.9 Å². The molecule has 5 nitrogen and oxygen atoms in total. The predicted octanol–water partition coefficient (Wildman–Crippen LogP) is 21.8. The topological polar surface area (TPSA) is 61.8 Å². The first-order valence-electron chi connectivity index (χ1n) is 31.5. The van der Waals surface area contributed by atoms with E-state index in [0.717, 1.165) is 77.0 Å². The van der Waals surface area contributed by atoms with Crippen LogP contribution in [0.25, 0.3) is 0 Å². The molecule has 0 amide bonds. The van der Waals surface area contributed by atoms with Gasteiger partial charge in [0.15, 0.2) is 6.10 Å². The molecule has 5 heteroatoms. The number of rotatable bonds is 58. The third-order valence-electron chi connectivity index (χ3n) is 13.7. The van der Waals surface area contributed by atoms with Gasteiger partial charge in [0.25, 0.3) is 0 Å². The van der Waals surface area contributed by atoms with Gasteiger partial charge in [-0.25, -0.2) is 0 Å². The number of esters is 2. The minimum Gasteiger partial charge on any atom is -0.462 e. The largest absolute Gasteiger partial charge is 0.462 e. The first-order valence-corrected chi connectivity index (χ1v) is 31.5. The Labute approximate surface area is 448 Å². The molecular weight excluding hydrogens is 885 g/mol. The van der Waals surface area contributed by atoms with Crippen LogP contribution in [0.5, 0.6) is 0 Å². The quantitative estimate of drug-likeness (QED) is 0.0345. The maximum atomic E-state index is 12.9. The summed E-state index contributed by atoms with van der Waals surface area (Å²) >= 11 is 0. The van der Waals surface area contributed by atoms with Crippen molar-refractivity contribution in [2.75, 3.05) is 19.8 Å². The lowest BCUT2D eigenvalue weighted by Gasteiger charge is -2.18. The summed E-state index contributed by atoms with van der Waals surface area (Å²) in [5.74, 6) is -0.409. The van der Waals surface area contributed by atoms with E-state index >= 15 is 0 Å². The van der Waals surface area contributed by atoms with Crippen molar-refractivity contribution in [2.45, 2.75) is 322 Å². The smallest absolute Gasteiger partial charge is 0.306 e. The molecule has 0 radical (unpaired) electrons. The van der Waals surface area contributed by atoms with Crippen LogP contribution in [0.3, 0.4) is 0 Å². The third kappa shape index (κ3) is 59.9. The van der Waals surface area contributed by atoms with Crippen molar-refractivity contribution in [3.63, 3.8) is 0 Å². The molecule has 0 heterocycles. The molecule has 0 N–H and O–H groups in total. The van der Waals surface area contributed by atoms with E-state index in [-0.39, 0.29) is 25.2 Å². The van der Waals surface area contributed by atoms with Gasteiger partial charge < -0.3 is 14.2 Å². The summed E-state index contributed by atoms with van der Waals surface area (Å²) in [7, 11) is 0. The van der Waals surface area contributed by atoms with Crippen LogP contribution >= 0.6 is 0 Å². The van der Waals surface area contributed by atoms with Crippen LogP contribution in [-0.4, -0.2) is 37.9 Å². The molecule has 418 valence electrons. The van der Waals surface area contributed by atoms with Gasteiger partial charge in [-0.1, -0.05) is 286 Å². The van der Waals surface area contributed by atoms with Crippen LogP contribution in [-0.2, 0) is 23.8 Å². The van der Waals surface area contributed by atoms with Crippen molar-refractivity contribution in [1.82, 2.24) is 0 Å². The number of carbonyl (C=O) groups excluding carboxylic acids is 2. The molecule has 1 unspecified atom stereocenters. The number of hydrogen-bond acceptors (Lipinski definition) is 5. The highest BCUT2D eigenvalue weighted by Gasteiger charge is 2.17. The van der Waals surface area contributed by atoms with E-state index in [4.69, 9.17) is 14.2 Å². The molecule has 0 aromatic carbocycles. The summed E-state index contributed by atoms with van der Waals surface area (Å²) in [5.41, 5.74) is 0. The first kappa shape index (κ1) is 69.3. The number of allylic oxidation sites excluding steroid dienone is 12. The molecule has 0 aliphatic heterocycles. The summed E-state index contributed by atoms with van der Waals surface area (Å²) < 4.78 is 17.5. The molecule has 0 spiro atoms. The molecular formula is C67H120O5. The average Bonchev–Trinajstić information content (AvgIpc) is 3.38. The van der Waals surface area contributed by atoms with Gasteiger partial charge in [-0.3, -0.25) is 9.59 Å². The summed E-state index contributed by atoms with van der Waals surface area (Å²) in [6.07, 6.45) is 82.3. The van der Waals surface area contributed by atoms with Crippen molar-refractivity contribution in [3.05, 3.63) is 72.9 Å². The maximum absolute atomic E-state index is 12.9. The Kier molecular flexibility index (Phi) is 60.3. The monoisotopic (exact) mass is 1000 g/mol. The first-order chi connectivity index (χ1) is 35.6. The lowest BCUT2D eigenvalue weighted by atomic mass is 10.0. The second-order valence-electron chi connectivity index (χ2n) is 20.9. The van der Waals surface area contributed by atoms with Gasteiger partial charge >= 0.3 is 11.9 Å². The van der Waals surface area contributed by atoms with E-state index in [2.05, 4.69) is 93.7 Å². The van der Waals surface area contributed by atoms with Crippen LogP contribution < -0.4 is 0 Å². The normalized spacial score (nSPS) is 12.7. The van der Waals surface area contributed by atoms with Crippen LogP contribution in [0.2, 0.25) is 0 Å². The summed E-state index contributed by atoms with van der Waals surface area (Å²) in [6.45, 7) is 7.66. The van der Waals surface area contributed by atoms with Crippen LogP contribution in [0.1, 0.15) is 316 Å². The zero-order valence-corrected chi connectivity index (χ0v) is 48.2. The second-order valence-corrected chi connectivity index (χ2v) is 20.9. The van der Waals surface area contributed by atoms with Crippen LogP contribution in [0.15, 0.2) is 72.9 Å². The highest BCUT2D eigenvalue weighted by molar-refractivity contribution is 5.70. The summed E-state index contributed by atoms with van der Waals surface area (Å²) in [4.78, 5) is 25.6. The highest BCUT2D eigenvalue weighted by atomic mass is 16.6. The summed E-state index contributed by atoms with van der Waals surface area (Å²) in [5, 5.41) is 0. The van der Waals surface area contributed by atoms with Gasteiger partial charge in [0, 0.05) is 19.4 Å². The Morgan fingerprint density at radius 1 is 0.319 bits per heavy atom. The Morgan fingerprint density at radius 3 is 1.01 bits per heavy atom. The van der Waals surface area contributed by atoms with Gasteiger partial charge in [-0.15, -0.1) is 0 Å². The van der Waals surface area contributed by atoms with Gasteiger partial charge in [0.2, 0.25) is 0 Å². The van der Waals surface area contributed by atoms with E-state index in [1.165, 1.54) is 205 Å². The maximum Gasteiger partial charge on any atom is 0.306 e. The minimum absolute atomic E-state index is 0.0682. The molecule has 0 aromatic heterocycles. The zero-order chi connectivity index (χ0) is 52.0. The van der Waals surface area contributed by atoms with E-state index in [1.54, 1.807) is 0 Å². The molecule has 0 saturated carbocycles.